The fraction of sp³-hybridized carbons (Fsp3) is 0.500. The fourth-order valence-electron chi connectivity index (χ4n) is 1.79. The molecule has 1 rings (SSSR count). The molecule has 0 bridgehead atoms. The van der Waals surface area contributed by atoms with Crippen molar-refractivity contribution in [2.75, 3.05) is 0 Å². The van der Waals surface area contributed by atoms with Crippen LogP contribution in [0, 0.1) is 5.41 Å². The molecule has 0 fully saturated rings. The van der Waals surface area contributed by atoms with Crippen LogP contribution in [0.2, 0.25) is 0 Å². The summed E-state index contributed by atoms with van der Waals surface area (Å²) in [6, 6.07) is 5.30. The van der Waals surface area contributed by atoms with E-state index in [1.807, 2.05) is 53.7 Å². The zero-order valence-corrected chi connectivity index (χ0v) is 13.9. The van der Waals surface area contributed by atoms with E-state index >= 15 is 0 Å². The number of ether oxygens (including phenoxy) is 1. The number of carbonyl (C=O) groups excluding carboxylic acids is 1. The van der Waals surface area contributed by atoms with Crippen molar-refractivity contribution in [2.24, 2.45) is 5.41 Å². The third kappa shape index (κ3) is 6.03. The van der Waals surface area contributed by atoms with Crippen LogP contribution in [-0.4, -0.2) is 11.1 Å². The van der Waals surface area contributed by atoms with Crippen LogP contribution in [-0.2, 0) is 21.6 Å². The summed E-state index contributed by atoms with van der Waals surface area (Å²) in [5, 5.41) is 9.90. The molecule has 0 atom stereocenters. The van der Waals surface area contributed by atoms with E-state index in [-0.39, 0.29) is 29.2 Å². The zero-order valence-electron chi connectivity index (χ0n) is 13.9. The van der Waals surface area contributed by atoms with Crippen molar-refractivity contribution in [3.63, 3.8) is 0 Å². The molecule has 116 valence electrons. The first-order valence-electron chi connectivity index (χ1n) is 7.17. The van der Waals surface area contributed by atoms with Gasteiger partial charge in [-0.3, -0.25) is 0 Å². The van der Waals surface area contributed by atoms with Crippen LogP contribution in [0.3, 0.4) is 0 Å². The molecular weight excluding hydrogens is 264 g/mol. The van der Waals surface area contributed by atoms with Crippen molar-refractivity contribution in [1.29, 1.82) is 0 Å². The maximum absolute atomic E-state index is 11.7. The molecule has 0 unspecified atom stereocenters. The van der Waals surface area contributed by atoms with E-state index in [1.165, 1.54) is 6.08 Å². The Hall–Kier alpha value is -1.77. The molecule has 0 saturated heterocycles. The molecule has 21 heavy (non-hydrogen) atoms. The van der Waals surface area contributed by atoms with Gasteiger partial charge in [0.25, 0.3) is 0 Å². The lowest BCUT2D eigenvalue weighted by Crippen LogP contribution is -2.12. The third-order valence-corrected chi connectivity index (χ3v) is 2.97. The molecule has 0 aromatic heterocycles. The van der Waals surface area contributed by atoms with Gasteiger partial charge in [0.2, 0.25) is 0 Å². The van der Waals surface area contributed by atoms with Crippen molar-refractivity contribution >= 4 is 5.97 Å². The van der Waals surface area contributed by atoms with Crippen LogP contribution < -0.4 is 0 Å². The van der Waals surface area contributed by atoms with Crippen molar-refractivity contribution in [3.05, 3.63) is 41.5 Å². The van der Waals surface area contributed by atoms with Gasteiger partial charge in [-0.2, -0.15) is 0 Å². The fourth-order valence-corrected chi connectivity index (χ4v) is 1.79. The van der Waals surface area contributed by atoms with Crippen LogP contribution in [0.25, 0.3) is 0 Å². The summed E-state index contributed by atoms with van der Waals surface area (Å²) in [5.41, 5.74) is 1.52. The second kappa shape index (κ2) is 6.33. The minimum atomic E-state index is -0.352. The molecule has 3 heteroatoms. The normalized spacial score (nSPS) is 12.7. The Labute approximate surface area is 127 Å². The molecule has 3 nitrogen and oxygen atoms in total. The lowest BCUT2D eigenvalue weighted by atomic mass is 9.85. The second-order valence-electron chi connectivity index (χ2n) is 7.41. The van der Waals surface area contributed by atoms with Gasteiger partial charge in [-0.15, -0.1) is 0 Å². The molecular formula is C18H26O3. The summed E-state index contributed by atoms with van der Waals surface area (Å²) < 4.78 is 5.22. The highest BCUT2D eigenvalue weighted by molar-refractivity contribution is 5.82. The number of carbonyl (C=O) groups is 1. The molecule has 1 N–H and O–H groups in total. The van der Waals surface area contributed by atoms with Gasteiger partial charge in [0.15, 0.2) is 0 Å². The summed E-state index contributed by atoms with van der Waals surface area (Å²) in [6.45, 7) is 12.4. The third-order valence-electron chi connectivity index (χ3n) is 2.97. The molecule has 0 spiro atoms. The quantitative estimate of drug-likeness (QED) is 0.665. The molecule has 0 radical (unpaired) electrons. The first-order chi connectivity index (χ1) is 9.49. The van der Waals surface area contributed by atoms with E-state index in [9.17, 15) is 9.90 Å². The molecule has 0 aliphatic carbocycles. The summed E-state index contributed by atoms with van der Waals surface area (Å²) in [4.78, 5) is 11.7. The Balaban J connectivity index is 2.73. The van der Waals surface area contributed by atoms with E-state index in [2.05, 4.69) is 0 Å². The van der Waals surface area contributed by atoms with E-state index in [0.29, 0.717) is 0 Å². The number of rotatable bonds is 3. The van der Waals surface area contributed by atoms with Gasteiger partial charge in [0.1, 0.15) is 12.4 Å². The van der Waals surface area contributed by atoms with E-state index in [1.54, 1.807) is 12.1 Å². The van der Waals surface area contributed by atoms with Crippen LogP contribution in [0.1, 0.15) is 52.7 Å². The molecule has 0 amide bonds. The summed E-state index contributed by atoms with van der Waals surface area (Å²) in [7, 11) is 0. The molecule has 0 aliphatic heterocycles. The molecule has 0 heterocycles. The smallest absolute Gasteiger partial charge is 0.330 e. The van der Waals surface area contributed by atoms with Crippen molar-refractivity contribution < 1.29 is 14.6 Å². The minimum absolute atomic E-state index is 0.0447. The Morgan fingerprint density at radius 3 is 2.33 bits per heavy atom. The number of allylic oxidation sites excluding steroid dienone is 1. The predicted octanol–water partition coefficient (Wildman–Crippen LogP) is 4.34. The number of aromatic hydroxyl groups is 1. The van der Waals surface area contributed by atoms with Crippen molar-refractivity contribution in [1.82, 2.24) is 0 Å². The second-order valence-corrected chi connectivity index (χ2v) is 7.41. The number of esters is 1. The molecule has 1 aromatic carbocycles. The topological polar surface area (TPSA) is 46.5 Å². The van der Waals surface area contributed by atoms with Crippen molar-refractivity contribution in [3.8, 4) is 5.75 Å². The highest BCUT2D eigenvalue weighted by Gasteiger charge is 2.18. The Kier molecular flexibility index (Phi) is 5.21. The monoisotopic (exact) mass is 290 g/mol. The molecule has 1 aromatic rings. The number of phenolic OH excluding ortho intramolecular Hbond substituents is 1. The van der Waals surface area contributed by atoms with Gasteiger partial charge in [-0.1, -0.05) is 53.7 Å². The number of benzene rings is 1. The largest absolute Gasteiger partial charge is 0.508 e. The highest BCUT2D eigenvalue weighted by atomic mass is 16.5. The maximum Gasteiger partial charge on any atom is 0.330 e. The van der Waals surface area contributed by atoms with Crippen LogP contribution in [0.15, 0.2) is 30.4 Å². The Bertz CT molecular complexity index is 528. The summed E-state index contributed by atoms with van der Waals surface area (Å²) in [6.07, 6.45) is 3.29. The Morgan fingerprint density at radius 1 is 1.19 bits per heavy atom. The van der Waals surface area contributed by atoms with Gasteiger partial charge < -0.3 is 9.84 Å². The van der Waals surface area contributed by atoms with Crippen LogP contribution >= 0.6 is 0 Å². The predicted molar refractivity (Wildman–Crippen MR) is 85.2 cm³/mol. The van der Waals surface area contributed by atoms with Crippen LogP contribution in [0.5, 0.6) is 5.75 Å². The van der Waals surface area contributed by atoms with Gasteiger partial charge in [0.05, 0.1) is 0 Å². The lowest BCUT2D eigenvalue weighted by Gasteiger charge is -2.21. The number of phenols is 1. The van der Waals surface area contributed by atoms with Gasteiger partial charge >= 0.3 is 5.97 Å². The van der Waals surface area contributed by atoms with Gasteiger partial charge in [-0.25, -0.2) is 4.79 Å². The van der Waals surface area contributed by atoms with Gasteiger partial charge in [-0.05, 0) is 34.1 Å². The number of hydrogen-bond acceptors (Lipinski definition) is 3. The number of hydrogen-bond donors (Lipinski definition) is 1. The maximum atomic E-state index is 11.7. The summed E-state index contributed by atoms with van der Waals surface area (Å²) >= 11 is 0. The van der Waals surface area contributed by atoms with Crippen molar-refractivity contribution in [2.45, 2.75) is 53.6 Å². The average Bonchev–Trinajstić information content (AvgIpc) is 2.33. The van der Waals surface area contributed by atoms with E-state index in [4.69, 9.17) is 4.74 Å². The zero-order chi connectivity index (χ0) is 16.3. The van der Waals surface area contributed by atoms with E-state index in [0.717, 1.165) is 11.1 Å². The molecule has 0 aliphatic rings. The van der Waals surface area contributed by atoms with Crippen LogP contribution in [0.4, 0.5) is 0 Å². The average molecular weight is 290 g/mol. The molecule has 0 saturated carbocycles. The van der Waals surface area contributed by atoms with E-state index < -0.39 is 0 Å². The van der Waals surface area contributed by atoms with Gasteiger partial charge in [0, 0.05) is 6.08 Å². The lowest BCUT2D eigenvalue weighted by molar-refractivity contribution is -0.139. The highest BCUT2D eigenvalue weighted by Crippen LogP contribution is 2.31. The Morgan fingerprint density at radius 2 is 1.81 bits per heavy atom. The minimum Gasteiger partial charge on any atom is -0.508 e. The first kappa shape index (κ1) is 17.3. The first-order valence-corrected chi connectivity index (χ1v) is 7.17. The summed E-state index contributed by atoms with van der Waals surface area (Å²) in [5.74, 6) is -0.0829. The standard InChI is InChI=1S/C18H26O3/c1-17(2,3)10-9-16(20)21-12-13-7-8-15(19)14(11-13)18(4,5)6/h7-11,19H,12H2,1-6H3. The SMILES string of the molecule is CC(C)(C)C=CC(=O)OCc1ccc(O)c(C(C)(C)C)c1.